The third-order valence-corrected chi connectivity index (χ3v) is 4.63. The van der Waals surface area contributed by atoms with E-state index in [0.717, 1.165) is 5.01 Å². The molecule has 2 rings (SSSR count). The number of carbonyl (C=O) groups is 2. The van der Waals surface area contributed by atoms with E-state index < -0.39 is 11.6 Å². The van der Waals surface area contributed by atoms with Gasteiger partial charge in [0.05, 0.1) is 6.54 Å². The molecule has 0 saturated carbocycles. The van der Waals surface area contributed by atoms with Gasteiger partial charge >= 0.3 is 0 Å². The van der Waals surface area contributed by atoms with Crippen LogP contribution in [-0.2, 0) is 16.1 Å². The van der Waals surface area contributed by atoms with Crippen molar-refractivity contribution in [3.05, 3.63) is 16.6 Å². The van der Waals surface area contributed by atoms with Crippen LogP contribution in [0.15, 0.2) is 11.6 Å². The van der Waals surface area contributed by atoms with Gasteiger partial charge < -0.3 is 10.2 Å². The standard InChI is InChI=1S/C13H19N3O2S/c1-4-13(5-2)12(18)15-9(3)11(17)16(13)8-10-14-6-7-19-10/h6-7,9H,4-5,8H2,1-3H3,(H,15,18). The maximum Gasteiger partial charge on any atom is 0.246 e. The van der Waals surface area contributed by atoms with Crippen LogP contribution in [0.3, 0.4) is 0 Å². The number of nitrogens with one attached hydrogen (secondary N) is 1. The molecule has 1 aliphatic rings. The molecule has 1 aromatic rings. The van der Waals surface area contributed by atoms with Crippen molar-refractivity contribution < 1.29 is 9.59 Å². The second-order valence-corrected chi connectivity index (χ2v) is 5.76. The molecule has 2 heterocycles. The van der Waals surface area contributed by atoms with Crippen molar-refractivity contribution in [3.63, 3.8) is 0 Å². The predicted molar refractivity (Wildman–Crippen MR) is 73.6 cm³/mol. The van der Waals surface area contributed by atoms with Crippen LogP contribution in [0.5, 0.6) is 0 Å². The number of thiazole rings is 1. The van der Waals surface area contributed by atoms with E-state index in [4.69, 9.17) is 0 Å². The summed E-state index contributed by atoms with van der Waals surface area (Å²) in [7, 11) is 0. The summed E-state index contributed by atoms with van der Waals surface area (Å²) in [6.45, 7) is 6.03. The molecule has 1 fully saturated rings. The van der Waals surface area contributed by atoms with Gasteiger partial charge in [-0.2, -0.15) is 0 Å². The lowest BCUT2D eigenvalue weighted by Crippen LogP contribution is -2.69. The van der Waals surface area contributed by atoms with Crippen molar-refractivity contribution in [3.8, 4) is 0 Å². The van der Waals surface area contributed by atoms with Crippen LogP contribution in [0, 0.1) is 0 Å². The zero-order valence-electron chi connectivity index (χ0n) is 11.5. The Kier molecular flexibility index (Phi) is 3.89. The van der Waals surface area contributed by atoms with E-state index in [9.17, 15) is 9.59 Å². The van der Waals surface area contributed by atoms with Crippen molar-refractivity contribution in [1.29, 1.82) is 0 Å². The number of nitrogens with zero attached hydrogens (tertiary/aromatic N) is 2. The monoisotopic (exact) mass is 281 g/mol. The first kappa shape index (κ1) is 14.0. The summed E-state index contributed by atoms with van der Waals surface area (Å²) in [6.07, 6.45) is 2.94. The molecule has 0 aliphatic carbocycles. The predicted octanol–water partition coefficient (Wildman–Crippen LogP) is 1.55. The third-order valence-electron chi connectivity index (χ3n) is 3.87. The van der Waals surface area contributed by atoms with Crippen molar-refractivity contribution in [2.45, 2.75) is 51.7 Å². The van der Waals surface area contributed by atoms with Crippen molar-refractivity contribution >= 4 is 23.2 Å². The van der Waals surface area contributed by atoms with Gasteiger partial charge in [0.15, 0.2) is 0 Å². The Bertz CT molecular complexity index is 468. The van der Waals surface area contributed by atoms with Crippen LogP contribution < -0.4 is 5.32 Å². The van der Waals surface area contributed by atoms with E-state index in [1.165, 1.54) is 11.3 Å². The number of hydrogen-bond acceptors (Lipinski definition) is 4. The number of hydrogen-bond donors (Lipinski definition) is 1. The highest BCUT2D eigenvalue weighted by Gasteiger charge is 2.49. The molecule has 19 heavy (non-hydrogen) atoms. The molecule has 1 N–H and O–H groups in total. The molecule has 0 radical (unpaired) electrons. The molecule has 1 saturated heterocycles. The molecule has 2 amide bonds. The molecular formula is C13H19N3O2S. The largest absolute Gasteiger partial charge is 0.343 e. The minimum atomic E-state index is -0.741. The lowest BCUT2D eigenvalue weighted by atomic mass is 9.86. The van der Waals surface area contributed by atoms with Gasteiger partial charge in [0.2, 0.25) is 11.8 Å². The van der Waals surface area contributed by atoms with Crippen molar-refractivity contribution in [2.24, 2.45) is 0 Å². The number of aromatic nitrogens is 1. The van der Waals surface area contributed by atoms with Crippen LogP contribution >= 0.6 is 11.3 Å². The van der Waals surface area contributed by atoms with E-state index in [-0.39, 0.29) is 11.8 Å². The highest BCUT2D eigenvalue weighted by Crippen LogP contribution is 2.30. The van der Waals surface area contributed by atoms with E-state index in [1.807, 2.05) is 19.2 Å². The quantitative estimate of drug-likeness (QED) is 0.911. The fourth-order valence-electron chi connectivity index (χ4n) is 2.61. The van der Waals surface area contributed by atoms with Gasteiger partial charge in [0.25, 0.3) is 0 Å². The first-order chi connectivity index (χ1) is 9.05. The Morgan fingerprint density at radius 1 is 1.42 bits per heavy atom. The maximum absolute atomic E-state index is 12.4. The van der Waals surface area contributed by atoms with Gasteiger partial charge in [-0.1, -0.05) is 13.8 Å². The molecule has 1 aromatic heterocycles. The van der Waals surface area contributed by atoms with E-state index in [2.05, 4.69) is 10.3 Å². The molecular weight excluding hydrogens is 262 g/mol. The summed E-state index contributed by atoms with van der Waals surface area (Å²) >= 11 is 1.51. The zero-order valence-corrected chi connectivity index (χ0v) is 12.3. The van der Waals surface area contributed by atoms with Crippen molar-refractivity contribution in [2.75, 3.05) is 0 Å². The Morgan fingerprint density at radius 2 is 2.11 bits per heavy atom. The second-order valence-electron chi connectivity index (χ2n) is 4.78. The molecule has 0 bridgehead atoms. The SMILES string of the molecule is CCC1(CC)C(=O)NC(C)C(=O)N1Cc1nccs1. The Morgan fingerprint density at radius 3 is 2.63 bits per heavy atom. The zero-order chi connectivity index (χ0) is 14.0. The van der Waals surface area contributed by atoms with Gasteiger partial charge in [-0.25, -0.2) is 4.98 Å². The maximum atomic E-state index is 12.4. The number of carbonyl (C=O) groups excluding carboxylic acids is 2. The highest BCUT2D eigenvalue weighted by atomic mass is 32.1. The smallest absolute Gasteiger partial charge is 0.246 e. The van der Waals surface area contributed by atoms with E-state index in [0.29, 0.717) is 19.4 Å². The van der Waals surface area contributed by atoms with E-state index >= 15 is 0 Å². The first-order valence-corrected chi connectivity index (χ1v) is 7.44. The summed E-state index contributed by atoms with van der Waals surface area (Å²) in [5, 5.41) is 5.53. The second kappa shape index (κ2) is 5.28. The van der Waals surface area contributed by atoms with Crippen LogP contribution in [0.1, 0.15) is 38.6 Å². The van der Waals surface area contributed by atoms with Gasteiger partial charge in [0, 0.05) is 11.6 Å². The fraction of sp³-hybridized carbons (Fsp3) is 0.615. The molecule has 1 unspecified atom stereocenters. The number of rotatable bonds is 4. The highest BCUT2D eigenvalue weighted by molar-refractivity contribution is 7.09. The van der Waals surface area contributed by atoms with Crippen LogP contribution in [0.2, 0.25) is 0 Å². The first-order valence-electron chi connectivity index (χ1n) is 6.56. The molecule has 0 spiro atoms. The van der Waals surface area contributed by atoms with Gasteiger partial charge in [0.1, 0.15) is 16.6 Å². The van der Waals surface area contributed by atoms with Crippen LogP contribution in [0.25, 0.3) is 0 Å². The number of amides is 2. The summed E-state index contributed by atoms with van der Waals surface area (Å²) in [4.78, 5) is 30.7. The number of piperazine rings is 1. The third kappa shape index (κ3) is 2.25. The minimum absolute atomic E-state index is 0.0292. The lowest BCUT2D eigenvalue weighted by Gasteiger charge is -2.46. The summed E-state index contributed by atoms with van der Waals surface area (Å²) < 4.78 is 0. The van der Waals surface area contributed by atoms with Gasteiger partial charge in [-0.15, -0.1) is 11.3 Å². The summed E-state index contributed by atoms with van der Waals surface area (Å²) in [5.74, 6) is -0.0837. The normalized spacial score (nSPS) is 22.5. The lowest BCUT2D eigenvalue weighted by molar-refractivity contribution is -0.158. The summed E-state index contributed by atoms with van der Waals surface area (Å²) in [5.41, 5.74) is -0.741. The minimum Gasteiger partial charge on any atom is -0.343 e. The van der Waals surface area contributed by atoms with Crippen LogP contribution in [0.4, 0.5) is 0 Å². The van der Waals surface area contributed by atoms with Crippen molar-refractivity contribution in [1.82, 2.24) is 15.2 Å². The summed E-state index contributed by atoms with van der Waals surface area (Å²) in [6, 6.07) is -0.460. The molecule has 5 nitrogen and oxygen atoms in total. The van der Waals surface area contributed by atoms with Crippen LogP contribution in [-0.4, -0.2) is 33.3 Å². The Hall–Kier alpha value is -1.43. The average Bonchev–Trinajstić information content (AvgIpc) is 2.90. The molecule has 1 aliphatic heterocycles. The Labute approximate surface area is 117 Å². The molecule has 6 heteroatoms. The van der Waals surface area contributed by atoms with Gasteiger partial charge in [-0.3, -0.25) is 9.59 Å². The fourth-order valence-corrected chi connectivity index (χ4v) is 3.21. The average molecular weight is 281 g/mol. The molecule has 104 valence electrons. The molecule has 1 atom stereocenters. The Balaban J connectivity index is 2.36. The van der Waals surface area contributed by atoms with Gasteiger partial charge in [-0.05, 0) is 19.8 Å². The van der Waals surface area contributed by atoms with E-state index in [1.54, 1.807) is 18.0 Å². The molecule has 0 aromatic carbocycles. The topological polar surface area (TPSA) is 62.3 Å².